The summed E-state index contributed by atoms with van der Waals surface area (Å²) in [6.07, 6.45) is 2.64. The van der Waals surface area contributed by atoms with E-state index in [1.807, 2.05) is 12.1 Å². The molecule has 5 heteroatoms. The Bertz CT molecular complexity index is 952. The van der Waals surface area contributed by atoms with Crippen molar-refractivity contribution in [2.24, 2.45) is 0 Å². The first-order valence-electron chi connectivity index (χ1n) is 8.97. The number of phenols is 1. The van der Waals surface area contributed by atoms with Gasteiger partial charge < -0.3 is 14.9 Å². The highest BCUT2D eigenvalue weighted by Gasteiger charge is 2.18. The van der Waals surface area contributed by atoms with Crippen molar-refractivity contribution >= 4 is 17.4 Å². The third kappa shape index (κ3) is 3.49. The summed E-state index contributed by atoms with van der Waals surface area (Å²) < 4.78 is 0. The molecule has 0 bridgehead atoms. The van der Waals surface area contributed by atoms with Gasteiger partial charge in [0.25, 0.3) is 5.91 Å². The number of aromatic hydroxyl groups is 1. The van der Waals surface area contributed by atoms with Crippen LogP contribution in [0.3, 0.4) is 0 Å². The fraction of sp³-hybridized carbons (Fsp3) is 0.182. The Balaban J connectivity index is 1.49. The van der Waals surface area contributed by atoms with Gasteiger partial charge in [-0.05, 0) is 53.9 Å². The highest BCUT2D eigenvalue weighted by atomic mass is 16.3. The number of rotatable bonds is 3. The zero-order chi connectivity index (χ0) is 18.8. The molecule has 136 valence electrons. The Labute approximate surface area is 158 Å². The van der Waals surface area contributed by atoms with Gasteiger partial charge in [-0.25, -0.2) is 4.98 Å². The first-order chi connectivity index (χ1) is 13.1. The van der Waals surface area contributed by atoms with Gasteiger partial charge in [0.05, 0.1) is 5.56 Å². The molecule has 27 heavy (non-hydrogen) atoms. The summed E-state index contributed by atoms with van der Waals surface area (Å²) in [5.41, 5.74) is 3.98. The fourth-order valence-corrected chi connectivity index (χ4v) is 3.38. The van der Waals surface area contributed by atoms with E-state index in [1.165, 1.54) is 11.1 Å². The lowest BCUT2D eigenvalue weighted by Gasteiger charge is -2.29. The first-order valence-corrected chi connectivity index (χ1v) is 8.97. The number of amides is 1. The molecule has 1 aliphatic heterocycles. The van der Waals surface area contributed by atoms with Crippen molar-refractivity contribution in [2.45, 2.75) is 13.0 Å². The van der Waals surface area contributed by atoms with Crippen LogP contribution in [0.15, 0.2) is 66.9 Å². The highest BCUT2D eigenvalue weighted by molar-refractivity contribution is 6.05. The van der Waals surface area contributed by atoms with E-state index >= 15 is 0 Å². The highest BCUT2D eigenvalue weighted by Crippen LogP contribution is 2.24. The smallest absolute Gasteiger partial charge is 0.259 e. The predicted octanol–water partition coefficient (Wildman–Crippen LogP) is 3.63. The van der Waals surface area contributed by atoms with Gasteiger partial charge in [-0.2, -0.15) is 0 Å². The minimum Gasteiger partial charge on any atom is -0.508 e. The molecule has 0 aliphatic carbocycles. The maximum Gasteiger partial charge on any atom is 0.259 e. The number of nitrogens with zero attached hydrogens (tertiary/aromatic N) is 3. The Kier molecular flexibility index (Phi) is 4.50. The number of hydrogen-bond acceptors (Lipinski definition) is 4. The molecule has 5 nitrogen and oxygen atoms in total. The molecule has 1 aromatic heterocycles. The second-order valence-corrected chi connectivity index (χ2v) is 6.73. The Hall–Kier alpha value is -3.34. The van der Waals surface area contributed by atoms with Crippen LogP contribution in [-0.4, -0.2) is 29.6 Å². The van der Waals surface area contributed by atoms with Gasteiger partial charge in [0, 0.05) is 32.0 Å². The van der Waals surface area contributed by atoms with E-state index in [1.54, 1.807) is 42.4 Å². The van der Waals surface area contributed by atoms with E-state index in [0.29, 0.717) is 5.56 Å². The van der Waals surface area contributed by atoms with E-state index in [0.717, 1.165) is 31.0 Å². The van der Waals surface area contributed by atoms with E-state index in [4.69, 9.17) is 0 Å². The molecule has 3 aromatic rings. The molecule has 0 saturated carbocycles. The summed E-state index contributed by atoms with van der Waals surface area (Å²) in [5.74, 6) is 0.922. The van der Waals surface area contributed by atoms with Gasteiger partial charge in [-0.3, -0.25) is 4.79 Å². The summed E-state index contributed by atoms with van der Waals surface area (Å²) in [7, 11) is 1.71. The van der Waals surface area contributed by atoms with Crippen molar-refractivity contribution in [3.8, 4) is 5.75 Å². The topological polar surface area (TPSA) is 56.7 Å². The van der Waals surface area contributed by atoms with Crippen LogP contribution < -0.4 is 9.80 Å². The molecule has 2 heterocycles. The van der Waals surface area contributed by atoms with Gasteiger partial charge in [0.2, 0.25) is 0 Å². The predicted molar refractivity (Wildman–Crippen MR) is 106 cm³/mol. The van der Waals surface area contributed by atoms with Crippen LogP contribution in [0.1, 0.15) is 21.5 Å². The van der Waals surface area contributed by atoms with Crippen molar-refractivity contribution in [1.29, 1.82) is 0 Å². The molecule has 1 amide bonds. The number of hydrogen-bond donors (Lipinski definition) is 1. The van der Waals surface area contributed by atoms with Gasteiger partial charge in [0.15, 0.2) is 0 Å². The number of pyridine rings is 1. The average Bonchev–Trinajstić information content (AvgIpc) is 2.73. The van der Waals surface area contributed by atoms with Crippen LogP contribution in [0, 0.1) is 0 Å². The van der Waals surface area contributed by atoms with E-state index < -0.39 is 0 Å². The minimum atomic E-state index is -0.135. The third-order valence-electron chi connectivity index (χ3n) is 4.99. The second kappa shape index (κ2) is 7.11. The lowest BCUT2D eigenvalue weighted by Crippen LogP contribution is -2.31. The molecular weight excluding hydrogens is 338 g/mol. The lowest BCUT2D eigenvalue weighted by molar-refractivity contribution is 0.0992. The van der Waals surface area contributed by atoms with Crippen molar-refractivity contribution < 1.29 is 9.90 Å². The molecule has 0 unspecified atom stereocenters. The van der Waals surface area contributed by atoms with E-state index in [2.05, 4.69) is 34.1 Å². The molecule has 0 radical (unpaired) electrons. The van der Waals surface area contributed by atoms with Gasteiger partial charge >= 0.3 is 0 Å². The number of phenolic OH excluding ortho intramolecular Hbond substituents is 1. The monoisotopic (exact) mass is 359 g/mol. The van der Waals surface area contributed by atoms with E-state index in [9.17, 15) is 9.90 Å². The second-order valence-electron chi connectivity index (χ2n) is 6.73. The number of benzene rings is 2. The summed E-state index contributed by atoms with van der Waals surface area (Å²) in [6, 6.07) is 18.8. The maximum absolute atomic E-state index is 12.7. The number of carbonyl (C=O) groups is 1. The molecule has 1 N–H and O–H groups in total. The van der Waals surface area contributed by atoms with Crippen LogP contribution in [0.2, 0.25) is 0 Å². The zero-order valence-electron chi connectivity index (χ0n) is 15.2. The van der Waals surface area contributed by atoms with Crippen LogP contribution in [0.5, 0.6) is 5.75 Å². The van der Waals surface area contributed by atoms with Crippen molar-refractivity contribution in [3.05, 3.63) is 83.6 Å². The van der Waals surface area contributed by atoms with E-state index in [-0.39, 0.29) is 11.7 Å². The molecule has 1 aliphatic rings. The van der Waals surface area contributed by atoms with Crippen LogP contribution >= 0.6 is 0 Å². The molecule has 0 spiro atoms. The summed E-state index contributed by atoms with van der Waals surface area (Å²) in [6.45, 7) is 1.76. The minimum absolute atomic E-state index is 0.135. The van der Waals surface area contributed by atoms with Gasteiger partial charge in [-0.15, -0.1) is 0 Å². The molecule has 2 aromatic carbocycles. The number of anilines is 2. The standard InChI is InChI=1S/C22H21N3O2/c1-24(19-7-9-20(26)10-8-19)22(27)17-6-11-21(23-14-17)25-13-12-16-4-2-3-5-18(16)15-25/h2-11,14,26H,12-13,15H2,1H3. The van der Waals surface area contributed by atoms with Gasteiger partial charge in [-0.1, -0.05) is 24.3 Å². The average molecular weight is 359 g/mol. The first kappa shape index (κ1) is 17.1. The van der Waals surface area contributed by atoms with Crippen LogP contribution in [0.25, 0.3) is 0 Å². The Morgan fingerprint density at radius 2 is 1.78 bits per heavy atom. The largest absolute Gasteiger partial charge is 0.508 e. The van der Waals surface area contributed by atoms with Crippen molar-refractivity contribution in [2.75, 3.05) is 23.4 Å². The normalized spacial score (nSPS) is 13.1. The quantitative estimate of drug-likeness (QED) is 0.776. The number of aromatic nitrogens is 1. The Morgan fingerprint density at radius 3 is 2.48 bits per heavy atom. The molecule has 0 saturated heterocycles. The molecule has 0 fully saturated rings. The summed E-state index contributed by atoms with van der Waals surface area (Å²) in [5, 5.41) is 9.39. The molecule has 4 rings (SSSR count). The maximum atomic E-state index is 12.7. The number of carbonyl (C=O) groups excluding carboxylic acids is 1. The van der Waals surface area contributed by atoms with Crippen LogP contribution in [-0.2, 0) is 13.0 Å². The SMILES string of the molecule is CN(C(=O)c1ccc(N2CCc3ccccc3C2)nc1)c1ccc(O)cc1. The zero-order valence-corrected chi connectivity index (χ0v) is 15.2. The van der Waals surface area contributed by atoms with Crippen LogP contribution in [0.4, 0.5) is 11.5 Å². The fourth-order valence-electron chi connectivity index (χ4n) is 3.38. The third-order valence-corrected chi connectivity index (χ3v) is 4.99. The molecule has 0 atom stereocenters. The summed E-state index contributed by atoms with van der Waals surface area (Å²) >= 11 is 0. The Morgan fingerprint density at radius 1 is 1.04 bits per heavy atom. The number of fused-ring (bicyclic) bond motifs is 1. The van der Waals surface area contributed by atoms with Gasteiger partial charge in [0.1, 0.15) is 11.6 Å². The summed E-state index contributed by atoms with van der Waals surface area (Å²) in [4.78, 5) is 21.0. The molecular formula is C22H21N3O2. The lowest BCUT2D eigenvalue weighted by atomic mass is 10.00. The van der Waals surface area contributed by atoms with Crippen molar-refractivity contribution in [3.63, 3.8) is 0 Å². The van der Waals surface area contributed by atoms with Crippen molar-refractivity contribution in [1.82, 2.24) is 4.98 Å².